The molecule has 0 N–H and O–H groups in total. The molecular formula is C13H25NO3. The lowest BCUT2D eigenvalue weighted by Crippen LogP contribution is -2.41. The standard InChI is InChI=1S/C13H25NO3/c1-4-13(15)17-12(10-16-3)9-14-7-5-11(2)6-8-14/h11-12H,4-10H2,1-3H3. The van der Waals surface area contributed by atoms with Crippen molar-refractivity contribution in [3.05, 3.63) is 0 Å². The summed E-state index contributed by atoms with van der Waals surface area (Å²) in [4.78, 5) is 13.7. The van der Waals surface area contributed by atoms with E-state index in [0.717, 1.165) is 25.6 Å². The lowest BCUT2D eigenvalue weighted by Gasteiger charge is -2.32. The summed E-state index contributed by atoms with van der Waals surface area (Å²) in [7, 11) is 1.64. The van der Waals surface area contributed by atoms with E-state index in [4.69, 9.17) is 9.47 Å². The van der Waals surface area contributed by atoms with E-state index in [1.165, 1.54) is 12.8 Å². The van der Waals surface area contributed by atoms with Gasteiger partial charge in [-0.2, -0.15) is 0 Å². The van der Waals surface area contributed by atoms with Crippen LogP contribution in [-0.2, 0) is 14.3 Å². The van der Waals surface area contributed by atoms with Crippen molar-refractivity contribution in [3.63, 3.8) is 0 Å². The Hall–Kier alpha value is -0.610. The molecule has 0 amide bonds. The van der Waals surface area contributed by atoms with Crippen LogP contribution in [0.1, 0.15) is 33.1 Å². The van der Waals surface area contributed by atoms with Crippen LogP contribution < -0.4 is 0 Å². The molecule has 0 radical (unpaired) electrons. The summed E-state index contributed by atoms with van der Waals surface area (Å²) < 4.78 is 10.5. The number of carbonyl (C=O) groups is 1. The van der Waals surface area contributed by atoms with E-state index < -0.39 is 0 Å². The van der Waals surface area contributed by atoms with Crippen molar-refractivity contribution in [2.24, 2.45) is 5.92 Å². The van der Waals surface area contributed by atoms with Gasteiger partial charge in [0.05, 0.1) is 6.61 Å². The second-order valence-electron chi connectivity index (χ2n) is 4.90. The third kappa shape index (κ3) is 5.50. The van der Waals surface area contributed by atoms with Crippen LogP contribution in [0.2, 0.25) is 0 Å². The number of likely N-dealkylation sites (tertiary alicyclic amines) is 1. The molecule has 100 valence electrons. The molecule has 0 aromatic heterocycles. The Labute approximate surface area is 104 Å². The van der Waals surface area contributed by atoms with Crippen molar-refractivity contribution in [2.45, 2.75) is 39.2 Å². The van der Waals surface area contributed by atoms with Gasteiger partial charge in [0, 0.05) is 20.1 Å². The van der Waals surface area contributed by atoms with Crippen LogP contribution in [0.25, 0.3) is 0 Å². The predicted molar refractivity (Wildman–Crippen MR) is 66.9 cm³/mol. The molecule has 17 heavy (non-hydrogen) atoms. The number of carbonyl (C=O) groups excluding carboxylic acids is 1. The van der Waals surface area contributed by atoms with Crippen LogP contribution in [0.4, 0.5) is 0 Å². The summed E-state index contributed by atoms with van der Waals surface area (Å²) in [6, 6.07) is 0. The first-order chi connectivity index (χ1) is 8.15. The molecule has 1 saturated heterocycles. The Balaban J connectivity index is 2.34. The highest BCUT2D eigenvalue weighted by Gasteiger charge is 2.21. The Morgan fingerprint density at radius 3 is 2.59 bits per heavy atom. The van der Waals surface area contributed by atoms with Gasteiger partial charge in [-0.05, 0) is 31.8 Å². The van der Waals surface area contributed by atoms with E-state index >= 15 is 0 Å². The van der Waals surface area contributed by atoms with Gasteiger partial charge in [0.1, 0.15) is 6.10 Å². The highest BCUT2D eigenvalue weighted by molar-refractivity contribution is 5.69. The second kappa shape index (κ2) is 7.67. The topological polar surface area (TPSA) is 38.8 Å². The number of methoxy groups -OCH3 is 1. The number of nitrogens with zero attached hydrogens (tertiary/aromatic N) is 1. The summed E-state index contributed by atoms with van der Waals surface area (Å²) in [5.41, 5.74) is 0. The minimum absolute atomic E-state index is 0.124. The molecule has 4 nitrogen and oxygen atoms in total. The maximum atomic E-state index is 11.3. The third-order valence-electron chi connectivity index (χ3n) is 3.28. The van der Waals surface area contributed by atoms with Crippen LogP contribution in [0.5, 0.6) is 0 Å². The molecule has 0 aromatic rings. The fourth-order valence-electron chi connectivity index (χ4n) is 2.11. The van der Waals surface area contributed by atoms with E-state index in [9.17, 15) is 4.79 Å². The molecule has 1 atom stereocenters. The lowest BCUT2D eigenvalue weighted by molar-refractivity contribution is -0.152. The minimum atomic E-state index is -0.141. The van der Waals surface area contributed by atoms with Gasteiger partial charge in [-0.15, -0.1) is 0 Å². The molecule has 4 heteroatoms. The molecule has 1 rings (SSSR count). The van der Waals surface area contributed by atoms with Crippen LogP contribution in [0.3, 0.4) is 0 Å². The van der Waals surface area contributed by atoms with Crippen LogP contribution in [0.15, 0.2) is 0 Å². The highest BCUT2D eigenvalue weighted by atomic mass is 16.6. The number of esters is 1. The molecule has 1 heterocycles. The van der Waals surface area contributed by atoms with Gasteiger partial charge >= 0.3 is 5.97 Å². The molecule has 0 bridgehead atoms. The summed E-state index contributed by atoms with van der Waals surface area (Å²) in [6.45, 7) is 7.59. The number of hydrogen-bond acceptors (Lipinski definition) is 4. The maximum Gasteiger partial charge on any atom is 0.305 e. The van der Waals surface area contributed by atoms with Crippen molar-refractivity contribution >= 4 is 5.97 Å². The van der Waals surface area contributed by atoms with Crippen LogP contribution in [-0.4, -0.2) is 50.3 Å². The van der Waals surface area contributed by atoms with Crippen molar-refractivity contribution in [3.8, 4) is 0 Å². The van der Waals surface area contributed by atoms with Gasteiger partial charge in [-0.1, -0.05) is 13.8 Å². The van der Waals surface area contributed by atoms with E-state index in [0.29, 0.717) is 13.0 Å². The van der Waals surface area contributed by atoms with Gasteiger partial charge in [-0.25, -0.2) is 0 Å². The average molecular weight is 243 g/mol. The molecule has 0 aliphatic carbocycles. The molecule has 1 aliphatic heterocycles. The van der Waals surface area contributed by atoms with E-state index in [2.05, 4.69) is 11.8 Å². The fraction of sp³-hybridized carbons (Fsp3) is 0.923. The molecule has 0 spiro atoms. The number of hydrogen-bond donors (Lipinski definition) is 0. The molecule has 1 aliphatic rings. The van der Waals surface area contributed by atoms with Crippen molar-refractivity contribution in [2.75, 3.05) is 33.4 Å². The number of rotatable bonds is 6. The van der Waals surface area contributed by atoms with Crippen molar-refractivity contribution in [1.82, 2.24) is 4.90 Å². The Bertz CT molecular complexity index is 225. The van der Waals surface area contributed by atoms with E-state index in [1.54, 1.807) is 7.11 Å². The van der Waals surface area contributed by atoms with Gasteiger partial charge < -0.3 is 9.47 Å². The summed E-state index contributed by atoms with van der Waals surface area (Å²) in [5.74, 6) is 0.683. The smallest absolute Gasteiger partial charge is 0.305 e. The first-order valence-corrected chi connectivity index (χ1v) is 6.56. The Morgan fingerprint density at radius 2 is 2.06 bits per heavy atom. The highest BCUT2D eigenvalue weighted by Crippen LogP contribution is 2.16. The molecular weight excluding hydrogens is 218 g/mol. The van der Waals surface area contributed by atoms with Gasteiger partial charge in [0.15, 0.2) is 0 Å². The lowest BCUT2D eigenvalue weighted by atomic mass is 9.99. The quantitative estimate of drug-likeness (QED) is 0.665. The first-order valence-electron chi connectivity index (χ1n) is 6.56. The monoisotopic (exact) mass is 243 g/mol. The molecule has 0 saturated carbocycles. The number of piperidine rings is 1. The third-order valence-corrected chi connectivity index (χ3v) is 3.28. The zero-order chi connectivity index (χ0) is 12.7. The van der Waals surface area contributed by atoms with Gasteiger partial charge in [0.25, 0.3) is 0 Å². The first kappa shape index (κ1) is 14.5. The van der Waals surface area contributed by atoms with Crippen molar-refractivity contribution in [1.29, 1.82) is 0 Å². The normalized spacial score (nSPS) is 20.2. The van der Waals surface area contributed by atoms with Crippen LogP contribution in [0, 0.1) is 5.92 Å². The summed E-state index contributed by atoms with van der Waals surface area (Å²) in [5, 5.41) is 0. The van der Waals surface area contributed by atoms with Crippen LogP contribution >= 0.6 is 0 Å². The number of ether oxygens (including phenoxy) is 2. The van der Waals surface area contributed by atoms with Gasteiger partial charge in [0.2, 0.25) is 0 Å². The fourth-order valence-corrected chi connectivity index (χ4v) is 2.11. The second-order valence-corrected chi connectivity index (χ2v) is 4.90. The predicted octanol–water partition coefficient (Wildman–Crippen LogP) is 1.69. The zero-order valence-electron chi connectivity index (χ0n) is 11.3. The summed E-state index contributed by atoms with van der Waals surface area (Å²) in [6.07, 6.45) is 2.78. The SMILES string of the molecule is CCC(=O)OC(COC)CN1CCC(C)CC1. The molecule has 1 unspecified atom stereocenters. The van der Waals surface area contributed by atoms with E-state index in [1.807, 2.05) is 6.92 Å². The zero-order valence-corrected chi connectivity index (χ0v) is 11.3. The van der Waals surface area contributed by atoms with Crippen molar-refractivity contribution < 1.29 is 14.3 Å². The summed E-state index contributed by atoms with van der Waals surface area (Å²) >= 11 is 0. The Kier molecular flexibility index (Phi) is 6.52. The maximum absolute atomic E-state index is 11.3. The molecule has 1 fully saturated rings. The Morgan fingerprint density at radius 1 is 1.41 bits per heavy atom. The molecule has 0 aromatic carbocycles. The minimum Gasteiger partial charge on any atom is -0.459 e. The largest absolute Gasteiger partial charge is 0.459 e. The van der Waals surface area contributed by atoms with E-state index in [-0.39, 0.29) is 12.1 Å². The average Bonchev–Trinajstić information content (AvgIpc) is 2.32. The van der Waals surface area contributed by atoms with Gasteiger partial charge in [-0.3, -0.25) is 9.69 Å².